The maximum Gasteiger partial charge on any atom is 0.0991 e. The molecular formula is C22H19N. The zero-order valence-corrected chi connectivity index (χ0v) is 13.5. The maximum absolute atomic E-state index is 8.95. The first-order chi connectivity index (χ1) is 11.2. The molecule has 0 aromatic heterocycles. The van der Waals surface area contributed by atoms with Crippen molar-refractivity contribution in [2.24, 2.45) is 0 Å². The van der Waals surface area contributed by atoms with E-state index in [1.165, 1.54) is 22.3 Å². The van der Waals surface area contributed by atoms with Crippen LogP contribution in [0.1, 0.15) is 30.9 Å². The van der Waals surface area contributed by atoms with Gasteiger partial charge in [0, 0.05) is 0 Å². The van der Waals surface area contributed by atoms with Crippen LogP contribution in [0.2, 0.25) is 0 Å². The van der Waals surface area contributed by atoms with E-state index >= 15 is 0 Å². The minimum Gasteiger partial charge on any atom is -0.192 e. The first-order valence-corrected chi connectivity index (χ1v) is 7.89. The molecule has 0 saturated heterocycles. The first-order valence-electron chi connectivity index (χ1n) is 7.89. The summed E-state index contributed by atoms with van der Waals surface area (Å²) in [6.07, 6.45) is 0. The molecule has 0 atom stereocenters. The topological polar surface area (TPSA) is 23.8 Å². The van der Waals surface area contributed by atoms with Crippen LogP contribution in [0.3, 0.4) is 0 Å². The highest BCUT2D eigenvalue weighted by Gasteiger charge is 2.07. The van der Waals surface area contributed by atoms with E-state index in [9.17, 15) is 0 Å². The Morgan fingerprint density at radius 1 is 0.696 bits per heavy atom. The van der Waals surface area contributed by atoms with E-state index in [1.54, 1.807) is 0 Å². The molecule has 112 valence electrons. The number of hydrogen-bond acceptors (Lipinski definition) is 1. The van der Waals surface area contributed by atoms with Crippen molar-refractivity contribution in [1.82, 2.24) is 0 Å². The number of nitrogens with zero attached hydrogens (tertiary/aromatic N) is 1. The molecule has 0 spiro atoms. The van der Waals surface area contributed by atoms with E-state index in [0.29, 0.717) is 11.5 Å². The summed E-state index contributed by atoms with van der Waals surface area (Å²) in [7, 11) is 0. The second-order valence-corrected chi connectivity index (χ2v) is 6.01. The molecule has 3 aromatic rings. The number of nitriles is 1. The van der Waals surface area contributed by atoms with Gasteiger partial charge in [0.15, 0.2) is 0 Å². The van der Waals surface area contributed by atoms with Crippen molar-refractivity contribution < 1.29 is 0 Å². The average Bonchev–Trinajstić information content (AvgIpc) is 2.62. The van der Waals surface area contributed by atoms with Crippen molar-refractivity contribution in [2.45, 2.75) is 19.8 Å². The minimum absolute atomic E-state index is 0.540. The Morgan fingerprint density at radius 3 is 1.61 bits per heavy atom. The van der Waals surface area contributed by atoms with Crippen LogP contribution in [0.15, 0.2) is 72.8 Å². The van der Waals surface area contributed by atoms with E-state index in [-0.39, 0.29) is 0 Å². The van der Waals surface area contributed by atoms with Crippen molar-refractivity contribution in [3.8, 4) is 28.3 Å². The first kappa shape index (κ1) is 15.1. The molecule has 0 unspecified atom stereocenters. The second kappa shape index (κ2) is 6.50. The lowest BCUT2D eigenvalue weighted by molar-refractivity contribution is 0.867. The fourth-order valence-corrected chi connectivity index (χ4v) is 2.76. The van der Waals surface area contributed by atoms with Crippen molar-refractivity contribution in [1.29, 1.82) is 5.26 Å². The minimum atomic E-state index is 0.540. The van der Waals surface area contributed by atoms with Gasteiger partial charge in [-0.2, -0.15) is 5.26 Å². The summed E-state index contributed by atoms with van der Waals surface area (Å²) in [5.41, 5.74) is 6.79. The summed E-state index contributed by atoms with van der Waals surface area (Å²) in [4.78, 5) is 0. The van der Waals surface area contributed by atoms with Gasteiger partial charge in [0.2, 0.25) is 0 Å². The van der Waals surface area contributed by atoms with Crippen molar-refractivity contribution >= 4 is 0 Å². The molecule has 0 aliphatic carbocycles. The van der Waals surface area contributed by atoms with Gasteiger partial charge in [-0.05, 0) is 45.9 Å². The lowest BCUT2D eigenvalue weighted by atomic mass is 9.92. The van der Waals surface area contributed by atoms with Crippen molar-refractivity contribution in [2.75, 3.05) is 0 Å². The van der Waals surface area contributed by atoms with Crippen LogP contribution >= 0.6 is 0 Å². The summed E-state index contributed by atoms with van der Waals surface area (Å²) in [5, 5.41) is 8.95. The molecule has 0 radical (unpaired) electrons. The zero-order chi connectivity index (χ0) is 16.2. The molecule has 3 aromatic carbocycles. The van der Waals surface area contributed by atoms with Crippen LogP contribution in [0, 0.1) is 11.3 Å². The summed E-state index contributed by atoms with van der Waals surface area (Å²) in [6.45, 7) is 4.42. The third-order valence-electron chi connectivity index (χ3n) is 4.14. The molecule has 3 rings (SSSR count). The average molecular weight is 297 g/mol. The highest BCUT2D eigenvalue weighted by molar-refractivity contribution is 5.83. The fraction of sp³-hybridized carbons (Fsp3) is 0.136. The van der Waals surface area contributed by atoms with E-state index in [2.05, 4.69) is 68.4 Å². The molecule has 1 heteroatoms. The van der Waals surface area contributed by atoms with Crippen LogP contribution in [-0.4, -0.2) is 0 Å². The lowest BCUT2D eigenvalue weighted by Crippen LogP contribution is -1.89. The van der Waals surface area contributed by atoms with Gasteiger partial charge < -0.3 is 0 Å². The Hall–Kier alpha value is -2.85. The second-order valence-electron chi connectivity index (χ2n) is 6.01. The monoisotopic (exact) mass is 297 g/mol. The van der Waals surface area contributed by atoms with Gasteiger partial charge >= 0.3 is 0 Å². The molecule has 0 heterocycles. The molecule has 0 bridgehead atoms. The van der Waals surface area contributed by atoms with Gasteiger partial charge in [-0.3, -0.25) is 0 Å². The van der Waals surface area contributed by atoms with Crippen LogP contribution in [0.25, 0.3) is 22.3 Å². The highest BCUT2D eigenvalue weighted by atomic mass is 14.2. The van der Waals surface area contributed by atoms with Crippen molar-refractivity contribution in [3.05, 3.63) is 83.9 Å². The molecule has 0 N–H and O–H groups in total. The molecule has 1 nitrogen and oxygen atoms in total. The van der Waals surface area contributed by atoms with E-state index < -0.39 is 0 Å². The van der Waals surface area contributed by atoms with Gasteiger partial charge in [0.1, 0.15) is 0 Å². The van der Waals surface area contributed by atoms with E-state index in [4.69, 9.17) is 5.26 Å². The molecule has 23 heavy (non-hydrogen) atoms. The molecule has 0 aliphatic heterocycles. The molecular weight excluding hydrogens is 278 g/mol. The number of rotatable bonds is 3. The smallest absolute Gasteiger partial charge is 0.0991 e. The zero-order valence-electron chi connectivity index (χ0n) is 13.5. The van der Waals surface area contributed by atoms with Crippen LogP contribution in [-0.2, 0) is 0 Å². The van der Waals surface area contributed by atoms with Crippen LogP contribution < -0.4 is 0 Å². The van der Waals surface area contributed by atoms with Gasteiger partial charge in [-0.25, -0.2) is 0 Å². The van der Waals surface area contributed by atoms with E-state index in [0.717, 1.165) is 5.56 Å². The predicted octanol–water partition coefficient (Wildman–Crippen LogP) is 6.02. The Kier molecular flexibility index (Phi) is 4.26. The third-order valence-corrected chi connectivity index (χ3v) is 4.14. The van der Waals surface area contributed by atoms with Crippen LogP contribution in [0.5, 0.6) is 0 Å². The number of benzene rings is 3. The molecule has 0 aliphatic rings. The fourth-order valence-electron chi connectivity index (χ4n) is 2.76. The Morgan fingerprint density at radius 2 is 1.17 bits per heavy atom. The normalized spacial score (nSPS) is 10.5. The third kappa shape index (κ3) is 3.17. The van der Waals surface area contributed by atoms with Crippen molar-refractivity contribution in [3.63, 3.8) is 0 Å². The Bertz CT molecular complexity index is 834. The Balaban J connectivity index is 2.05. The lowest BCUT2D eigenvalue weighted by Gasteiger charge is -2.12. The van der Waals surface area contributed by atoms with Gasteiger partial charge in [-0.1, -0.05) is 74.5 Å². The largest absolute Gasteiger partial charge is 0.192 e. The van der Waals surface area contributed by atoms with Gasteiger partial charge in [0.05, 0.1) is 11.6 Å². The summed E-state index contributed by atoms with van der Waals surface area (Å²) < 4.78 is 0. The highest BCUT2D eigenvalue weighted by Crippen LogP contribution is 2.32. The molecule has 0 saturated carbocycles. The summed E-state index contributed by atoms with van der Waals surface area (Å²) >= 11 is 0. The van der Waals surface area contributed by atoms with Crippen LogP contribution in [0.4, 0.5) is 0 Å². The summed E-state index contributed by atoms with van der Waals surface area (Å²) in [5.74, 6) is 0.540. The standard InChI is InChI=1S/C22H19N/c1-16(2)18-11-13-20(14-12-18)22-6-4-3-5-21(22)19-9-7-17(15-23)8-10-19/h3-14,16H,1-2H3. The van der Waals surface area contributed by atoms with E-state index in [1.807, 2.05) is 24.3 Å². The quantitative estimate of drug-likeness (QED) is 0.580. The molecule has 0 fully saturated rings. The predicted molar refractivity (Wildman–Crippen MR) is 96.1 cm³/mol. The Labute approximate surface area is 137 Å². The summed E-state index contributed by atoms with van der Waals surface area (Å²) in [6, 6.07) is 27.1. The van der Waals surface area contributed by atoms with Gasteiger partial charge in [0.25, 0.3) is 0 Å². The number of hydrogen-bond donors (Lipinski definition) is 0. The SMILES string of the molecule is CC(C)c1ccc(-c2ccccc2-c2ccc(C#N)cc2)cc1. The molecule has 0 amide bonds. The maximum atomic E-state index is 8.95. The van der Waals surface area contributed by atoms with Gasteiger partial charge in [-0.15, -0.1) is 0 Å².